The van der Waals surface area contributed by atoms with Crippen LogP contribution < -0.4 is 16.0 Å². The van der Waals surface area contributed by atoms with Gasteiger partial charge < -0.3 is 0 Å². The molecule has 3 N–H and O–H groups in total. The van der Waals surface area contributed by atoms with Crippen molar-refractivity contribution in [3.63, 3.8) is 0 Å². The van der Waals surface area contributed by atoms with Crippen LogP contribution in [0.1, 0.15) is 36.6 Å². The number of fused-ring (bicyclic) bond motifs is 1. The number of ketones is 1. The van der Waals surface area contributed by atoms with Crippen LogP contribution in [0.25, 0.3) is 0 Å². The maximum absolute atomic E-state index is 13.0. The molecule has 2 heterocycles. The third-order valence-corrected chi connectivity index (χ3v) is 5.10. The molecule has 2 aliphatic rings. The number of carbonyl (C=O) groups excluding carboxylic acids is 1. The van der Waals surface area contributed by atoms with Gasteiger partial charge in [-0.05, 0) is 18.1 Å². The molecule has 2 aromatic rings. The molecule has 2 fully saturated rings. The molecule has 5 unspecified atom stereocenters. The van der Waals surface area contributed by atoms with E-state index in [2.05, 4.69) is 47.1 Å². The highest BCUT2D eigenvalue weighted by Crippen LogP contribution is 2.35. The Bertz CT molecular complexity index is 703. The fourth-order valence-electron chi connectivity index (χ4n) is 3.99. The molecule has 0 radical (unpaired) electrons. The molecule has 0 aliphatic carbocycles. The number of benzene rings is 2. The van der Waals surface area contributed by atoms with E-state index in [0.717, 1.165) is 0 Å². The second-order valence-corrected chi connectivity index (χ2v) is 6.75. The van der Waals surface area contributed by atoms with Gasteiger partial charge in [0.15, 0.2) is 0 Å². The van der Waals surface area contributed by atoms with Gasteiger partial charge in [-0.25, -0.2) is 0 Å². The maximum atomic E-state index is 13.0. The van der Waals surface area contributed by atoms with Crippen LogP contribution in [-0.2, 0) is 4.79 Å². The molecular formula is C20H23N3O. The molecule has 0 bridgehead atoms. The molecule has 4 nitrogen and oxygen atoms in total. The van der Waals surface area contributed by atoms with Gasteiger partial charge in [0.05, 0.1) is 18.2 Å². The van der Waals surface area contributed by atoms with Crippen molar-refractivity contribution in [2.45, 2.75) is 37.8 Å². The van der Waals surface area contributed by atoms with Gasteiger partial charge in [-0.3, -0.25) is 20.7 Å². The second-order valence-electron chi connectivity index (χ2n) is 6.75. The molecule has 0 saturated carbocycles. The summed E-state index contributed by atoms with van der Waals surface area (Å²) >= 11 is 0. The summed E-state index contributed by atoms with van der Waals surface area (Å²) in [7, 11) is 0. The Balaban J connectivity index is 1.62. The van der Waals surface area contributed by atoms with Crippen molar-refractivity contribution < 1.29 is 4.79 Å². The van der Waals surface area contributed by atoms with Crippen molar-refractivity contribution in [2.24, 2.45) is 5.92 Å². The van der Waals surface area contributed by atoms with Gasteiger partial charge in [0.2, 0.25) is 0 Å². The van der Waals surface area contributed by atoms with E-state index < -0.39 is 0 Å². The summed E-state index contributed by atoms with van der Waals surface area (Å²) < 4.78 is 0. The first-order chi connectivity index (χ1) is 11.7. The average Bonchev–Trinajstić information content (AvgIpc) is 2.62. The smallest absolute Gasteiger partial charge is 0.142 e. The Kier molecular flexibility index (Phi) is 4.19. The SMILES string of the molecule is CC1NC2NC(c3ccccc3)CC(=O)C2C(c2ccccc2)N1. The normalized spacial score (nSPS) is 33.0. The van der Waals surface area contributed by atoms with Crippen LogP contribution >= 0.6 is 0 Å². The number of piperidine rings is 1. The van der Waals surface area contributed by atoms with E-state index in [1.807, 2.05) is 36.4 Å². The van der Waals surface area contributed by atoms with Crippen molar-refractivity contribution in [2.75, 3.05) is 0 Å². The van der Waals surface area contributed by atoms with Crippen LogP contribution in [0.3, 0.4) is 0 Å². The van der Waals surface area contributed by atoms with Crippen LogP contribution in [0.2, 0.25) is 0 Å². The fourth-order valence-corrected chi connectivity index (χ4v) is 3.99. The number of rotatable bonds is 2. The van der Waals surface area contributed by atoms with E-state index in [1.54, 1.807) is 0 Å². The standard InChI is InChI=1S/C20H23N3O/c1-13-21-19(15-10-6-3-7-11-15)18-17(24)12-16(23-20(18)22-13)14-8-4-2-5-9-14/h2-11,13,16,18-23H,12H2,1H3. The van der Waals surface area contributed by atoms with Crippen LogP contribution in [0.15, 0.2) is 60.7 Å². The summed E-state index contributed by atoms with van der Waals surface area (Å²) in [5.74, 6) is 0.219. The van der Waals surface area contributed by atoms with E-state index in [1.165, 1.54) is 11.1 Å². The fraction of sp³-hybridized carbons (Fsp3) is 0.350. The quantitative estimate of drug-likeness (QED) is 0.795. The first kappa shape index (κ1) is 15.5. The molecule has 4 heteroatoms. The van der Waals surface area contributed by atoms with E-state index in [0.29, 0.717) is 12.2 Å². The zero-order valence-corrected chi connectivity index (χ0v) is 13.8. The molecule has 124 valence electrons. The lowest BCUT2D eigenvalue weighted by atomic mass is 9.79. The minimum atomic E-state index is -0.0939. The van der Waals surface area contributed by atoms with Gasteiger partial charge in [0.1, 0.15) is 5.78 Å². The molecule has 2 aromatic carbocycles. The van der Waals surface area contributed by atoms with Crippen molar-refractivity contribution in [3.05, 3.63) is 71.8 Å². The highest BCUT2D eigenvalue weighted by Gasteiger charge is 2.45. The van der Waals surface area contributed by atoms with Gasteiger partial charge in [0, 0.05) is 18.5 Å². The van der Waals surface area contributed by atoms with Gasteiger partial charge in [-0.15, -0.1) is 0 Å². The largest absolute Gasteiger partial charge is 0.299 e. The first-order valence-electron chi connectivity index (χ1n) is 8.63. The van der Waals surface area contributed by atoms with E-state index in [-0.39, 0.29) is 30.3 Å². The molecule has 2 saturated heterocycles. The van der Waals surface area contributed by atoms with Gasteiger partial charge >= 0.3 is 0 Å². The molecule has 4 rings (SSSR count). The summed E-state index contributed by atoms with van der Waals surface area (Å²) in [6.45, 7) is 2.10. The minimum absolute atomic E-state index is 0.0158. The monoisotopic (exact) mass is 321 g/mol. The molecule has 0 aromatic heterocycles. The number of hydrogen-bond acceptors (Lipinski definition) is 4. The molecule has 0 spiro atoms. The van der Waals surface area contributed by atoms with Gasteiger partial charge in [-0.1, -0.05) is 60.7 Å². The third kappa shape index (κ3) is 2.88. The zero-order chi connectivity index (χ0) is 16.5. The van der Waals surface area contributed by atoms with Crippen LogP contribution in [0.4, 0.5) is 0 Å². The molecule has 0 amide bonds. The van der Waals surface area contributed by atoms with Gasteiger partial charge in [0.25, 0.3) is 0 Å². The first-order valence-corrected chi connectivity index (χ1v) is 8.63. The number of Topliss-reactive ketones (excluding diaryl/α,β-unsaturated/α-hetero) is 1. The topological polar surface area (TPSA) is 53.2 Å². The Morgan fingerprint density at radius 3 is 2.12 bits per heavy atom. The number of nitrogens with one attached hydrogen (secondary N) is 3. The van der Waals surface area contributed by atoms with E-state index >= 15 is 0 Å². The van der Waals surface area contributed by atoms with Crippen LogP contribution in [0, 0.1) is 5.92 Å². The summed E-state index contributed by atoms with van der Waals surface area (Å²) in [5, 5.41) is 10.7. The molecule has 5 atom stereocenters. The lowest BCUT2D eigenvalue weighted by molar-refractivity contribution is -0.130. The molecular weight excluding hydrogens is 298 g/mol. The van der Waals surface area contributed by atoms with Crippen LogP contribution in [0.5, 0.6) is 0 Å². The molecule has 2 aliphatic heterocycles. The summed E-state index contributed by atoms with van der Waals surface area (Å²) in [4.78, 5) is 13.0. The lowest BCUT2D eigenvalue weighted by Gasteiger charge is -2.47. The highest BCUT2D eigenvalue weighted by atomic mass is 16.1. The van der Waals surface area contributed by atoms with Crippen molar-refractivity contribution in [1.29, 1.82) is 0 Å². The van der Waals surface area contributed by atoms with Gasteiger partial charge in [-0.2, -0.15) is 0 Å². The third-order valence-electron chi connectivity index (χ3n) is 5.10. The van der Waals surface area contributed by atoms with E-state index in [9.17, 15) is 4.79 Å². The summed E-state index contributed by atoms with van der Waals surface area (Å²) in [6, 6.07) is 20.6. The average molecular weight is 321 g/mol. The predicted octanol–water partition coefficient (Wildman–Crippen LogP) is 2.51. The maximum Gasteiger partial charge on any atom is 0.142 e. The van der Waals surface area contributed by atoms with Crippen molar-refractivity contribution in [3.8, 4) is 0 Å². The Hall–Kier alpha value is -2.01. The Labute approximate surface area is 142 Å². The number of carbonyl (C=O) groups is 1. The summed E-state index contributed by atoms with van der Waals surface area (Å²) in [6.07, 6.45) is 0.663. The lowest BCUT2D eigenvalue weighted by Crippen LogP contribution is -2.67. The minimum Gasteiger partial charge on any atom is -0.299 e. The predicted molar refractivity (Wildman–Crippen MR) is 94.1 cm³/mol. The molecule has 24 heavy (non-hydrogen) atoms. The highest BCUT2D eigenvalue weighted by molar-refractivity contribution is 5.84. The van der Waals surface area contributed by atoms with Crippen LogP contribution in [-0.4, -0.2) is 18.1 Å². The van der Waals surface area contributed by atoms with Crippen molar-refractivity contribution in [1.82, 2.24) is 16.0 Å². The number of hydrogen-bond donors (Lipinski definition) is 3. The summed E-state index contributed by atoms with van der Waals surface area (Å²) in [5.41, 5.74) is 2.35. The Morgan fingerprint density at radius 2 is 1.46 bits per heavy atom. The second kappa shape index (κ2) is 6.48. The van der Waals surface area contributed by atoms with E-state index in [4.69, 9.17) is 0 Å². The Morgan fingerprint density at radius 1 is 0.833 bits per heavy atom. The van der Waals surface area contributed by atoms with Crippen molar-refractivity contribution >= 4 is 5.78 Å². The zero-order valence-electron chi connectivity index (χ0n) is 13.8.